The topological polar surface area (TPSA) is 12.0 Å². The zero-order chi connectivity index (χ0) is 6.04. The van der Waals surface area contributed by atoms with Gasteiger partial charge in [0.2, 0.25) is 0 Å². The average molecular weight is 200 g/mol. The van der Waals surface area contributed by atoms with E-state index in [4.69, 9.17) is 0 Å². The van der Waals surface area contributed by atoms with Crippen molar-refractivity contribution < 1.29 is 32.7 Å². The molecule has 0 aromatic carbocycles. The molecule has 0 atom stereocenters. The molecule has 1 rings (SSSR count). The van der Waals surface area contributed by atoms with Crippen molar-refractivity contribution >= 4 is 0 Å². The average Bonchev–Trinajstić information content (AvgIpc) is 1.67. The third kappa shape index (κ3) is 1.99. The van der Waals surface area contributed by atoms with Gasteiger partial charge in [-0.3, -0.25) is 0 Å². The summed E-state index contributed by atoms with van der Waals surface area (Å²) in [6.07, 6.45) is 2.06. The van der Waals surface area contributed by atoms with Gasteiger partial charge >= 0.3 is 0 Å². The molecular weight excluding hydrogens is 187 g/mol. The third-order valence-electron chi connectivity index (χ3n) is 2.06. The Labute approximate surface area is 82.9 Å². The Hall–Kier alpha value is 1.06. The molecular formula is C7H13NY-2. The number of rotatable bonds is 2. The molecule has 1 fully saturated rings. The van der Waals surface area contributed by atoms with Crippen LogP contribution in [0.1, 0.15) is 12.8 Å². The van der Waals surface area contributed by atoms with Gasteiger partial charge in [-0.25, -0.2) is 0 Å². The molecule has 0 aliphatic carbocycles. The molecule has 1 aliphatic rings. The molecule has 0 spiro atoms. The summed E-state index contributed by atoms with van der Waals surface area (Å²) in [5.74, 6) is 0. The molecule has 1 heterocycles. The van der Waals surface area contributed by atoms with E-state index in [9.17, 15) is 0 Å². The van der Waals surface area contributed by atoms with Crippen molar-refractivity contribution in [3.05, 3.63) is 13.8 Å². The molecule has 2 heteroatoms. The Morgan fingerprint density at radius 2 is 1.67 bits per heavy atom. The minimum absolute atomic E-state index is 0. The van der Waals surface area contributed by atoms with E-state index >= 15 is 0 Å². The first-order valence-electron chi connectivity index (χ1n) is 3.12. The van der Waals surface area contributed by atoms with Crippen LogP contribution in [0.3, 0.4) is 0 Å². The van der Waals surface area contributed by atoms with Gasteiger partial charge in [-0.05, 0) is 13.1 Å². The van der Waals surface area contributed by atoms with Crippen LogP contribution < -0.4 is 5.32 Å². The van der Waals surface area contributed by atoms with E-state index in [0.717, 1.165) is 25.9 Å². The van der Waals surface area contributed by atoms with Crippen LogP contribution in [0.5, 0.6) is 0 Å². The summed E-state index contributed by atoms with van der Waals surface area (Å²) in [5, 5.41) is 3.22. The van der Waals surface area contributed by atoms with Crippen molar-refractivity contribution in [1.29, 1.82) is 0 Å². The summed E-state index contributed by atoms with van der Waals surface area (Å²) in [6, 6.07) is 0. The first kappa shape index (κ1) is 10.1. The Morgan fingerprint density at radius 1 is 1.22 bits per heavy atom. The van der Waals surface area contributed by atoms with Crippen molar-refractivity contribution in [1.82, 2.24) is 5.32 Å². The van der Waals surface area contributed by atoms with Crippen LogP contribution >= 0.6 is 0 Å². The summed E-state index contributed by atoms with van der Waals surface area (Å²) < 4.78 is 0. The molecule has 1 saturated heterocycles. The van der Waals surface area contributed by atoms with Crippen molar-refractivity contribution in [2.24, 2.45) is 5.41 Å². The summed E-state index contributed by atoms with van der Waals surface area (Å²) in [4.78, 5) is 0. The third-order valence-corrected chi connectivity index (χ3v) is 2.06. The number of nitrogens with one attached hydrogen (secondary N) is 1. The Morgan fingerprint density at radius 3 is 1.67 bits per heavy atom. The summed E-state index contributed by atoms with van der Waals surface area (Å²) in [7, 11) is 0. The van der Waals surface area contributed by atoms with E-state index in [1.807, 2.05) is 0 Å². The van der Waals surface area contributed by atoms with Gasteiger partial charge in [0.05, 0.1) is 0 Å². The van der Waals surface area contributed by atoms with Gasteiger partial charge in [0.15, 0.2) is 0 Å². The second-order valence-electron chi connectivity index (χ2n) is 2.60. The second kappa shape index (κ2) is 4.05. The van der Waals surface area contributed by atoms with Gasteiger partial charge in [0, 0.05) is 32.7 Å². The summed E-state index contributed by atoms with van der Waals surface area (Å²) >= 11 is 0. The molecule has 9 heavy (non-hydrogen) atoms. The van der Waals surface area contributed by atoms with Crippen LogP contribution in [0, 0.1) is 19.3 Å². The van der Waals surface area contributed by atoms with Crippen LogP contribution in [0.25, 0.3) is 0 Å². The van der Waals surface area contributed by atoms with Gasteiger partial charge in [0.1, 0.15) is 0 Å². The van der Waals surface area contributed by atoms with Crippen molar-refractivity contribution in [3.63, 3.8) is 0 Å². The zero-order valence-electron chi connectivity index (χ0n) is 5.82. The maximum Gasteiger partial charge on any atom is 0 e. The van der Waals surface area contributed by atoms with Gasteiger partial charge < -0.3 is 19.2 Å². The predicted molar refractivity (Wildman–Crippen MR) is 35.3 cm³/mol. The van der Waals surface area contributed by atoms with Crippen LogP contribution in [0.4, 0.5) is 0 Å². The number of hydrogen-bond donors (Lipinski definition) is 1. The van der Waals surface area contributed by atoms with Crippen molar-refractivity contribution in [2.45, 2.75) is 12.8 Å². The van der Waals surface area contributed by atoms with Crippen molar-refractivity contribution in [3.8, 4) is 0 Å². The SMILES string of the molecule is [CH2-]CC1(C[CH2-])CNC1.[Y]. The fourth-order valence-electron chi connectivity index (χ4n) is 0.957. The molecule has 1 radical (unpaired) electrons. The maximum atomic E-state index is 3.87. The second-order valence-corrected chi connectivity index (χ2v) is 2.60. The van der Waals surface area contributed by atoms with Gasteiger partial charge in [-0.15, -0.1) is 0 Å². The monoisotopic (exact) mass is 200 g/mol. The molecule has 0 amide bonds. The molecule has 0 unspecified atom stereocenters. The molecule has 0 aromatic rings. The molecule has 1 nitrogen and oxygen atoms in total. The van der Waals surface area contributed by atoms with Crippen LogP contribution in [-0.4, -0.2) is 13.1 Å². The van der Waals surface area contributed by atoms with E-state index in [1.54, 1.807) is 0 Å². The molecule has 1 aliphatic heterocycles. The Balaban J connectivity index is 0.000000640. The number of hydrogen-bond acceptors (Lipinski definition) is 1. The van der Waals surface area contributed by atoms with E-state index < -0.39 is 0 Å². The quantitative estimate of drug-likeness (QED) is 0.656. The minimum Gasteiger partial charge on any atom is -0.343 e. The van der Waals surface area contributed by atoms with E-state index in [0.29, 0.717) is 5.41 Å². The van der Waals surface area contributed by atoms with Gasteiger partial charge in [-0.1, -0.05) is 5.41 Å². The van der Waals surface area contributed by atoms with Gasteiger partial charge in [-0.2, -0.15) is 12.8 Å². The zero-order valence-corrected chi connectivity index (χ0v) is 8.66. The summed E-state index contributed by atoms with van der Waals surface area (Å²) in [6.45, 7) is 9.99. The maximum absolute atomic E-state index is 3.87. The van der Waals surface area contributed by atoms with E-state index in [2.05, 4.69) is 19.2 Å². The van der Waals surface area contributed by atoms with Crippen LogP contribution in [0.15, 0.2) is 0 Å². The normalized spacial score (nSPS) is 22.0. The fourth-order valence-corrected chi connectivity index (χ4v) is 0.957. The molecule has 0 aromatic heterocycles. The van der Waals surface area contributed by atoms with Crippen LogP contribution in [0.2, 0.25) is 0 Å². The fraction of sp³-hybridized carbons (Fsp3) is 0.714. The van der Waals surface area contributed by atoms with E-state index in [-0.39, 0.29) is 32.7 Å². The molecule has 1 N–H and O–H groups in total. The smallest absolute Gasteiger partial charge is 0 e. The predicted octanol–water partition coefficient (Wildman–Crippen LogP) is 1.02. The first-order chi connectivity index (χ1) is 3.83. The van der Waals surface area contributed by atoms with E-state index in [1.165, 1.54) is 0 Å². The van der Waals surface area contributed by atoms with Crippen molar-refractivity contribution in [2.75, 3.05) is 13.1 Å². The largest absolute Gasteiger partial charge is 0.343 e. The van der Waals surface area contributed by atoms with Crippen LogP contribution in [-0.2, 0) is 32.7 Å². The Kier molecular flexibility index (Phi) is 4.53. The standard InChI is InChI=1S/C7H13N.Y/c1-3-7(4-2)5-8-6-7;/h8H,1-6H2;/q-2;. The minimum atomic E-state index is 0. The van der Waals surface area contributed by atoms with Gasteiger partial charge in [0.25, 0.3) is 0 Å². The molecule has 51 valence electrons. The molecule has 0 bridgehead atoms. The molecule has 0 saturated carbocycles. The summed E-state index contributed by atoms with van der Waals surface area (Å²) in [5.41, 5.74) is 0.472. The Bertz CT molecular complexity index is 65.5. The first-order valence-corrected chi connectivity index (χ1v) is 3.12.